The number of rotatable bonds is 0. The number of aliphatic imine (C=N–C) groups is 1. The van der Waals surface area contributed by atoms with E-state index in [1.165, 1.54) is 6.20 Å². The van der Waals surface area contributed by atoms with Crippen LogP contribution in [-0.2, 0) is 9.73 Å². The van der Waals surface area contributed by atoms with Crippen LogP contribution < -0.4 is 0 Å². The summed E-state index contributed by atoms with van der Waals surface area (Å²) in [6.45, 7) is 0. The molecule has 4 heteroatoms. The summed E-state index contributed by atoms with van der Waals surface area (Å²) in [5.41, 5.74) is 0. The predicted octanol–water partition coefficient (Wildman–Crippen LogP) is 0.640. The first kappa shape index (κ1) is 6.48. The Hall–Kier alpha value is -0.640. The van der Waals surface area contributed by atoms with Crippen LogP contribution in [0.2, 0.25) is 0 Å². The lowest BCUT2D eigenvalue weighted by atomic mass is 10.8. The molecule has 0 N–H and O–H groups in total. The Kier molecular flexibility index (Phi) is 1.66. The minimum absolute atomic E-state index is 0.458. The van der Waals surface area contributed by atoms with Crippen LogP contribution in [0.5, 0.6) is 0 Å². The third-order valence-corrected chi connectivity index (χ3v) is 2.88. The van der Waals surface area contributed by atoms with Crippen LogP contribution in [0.1, 0.15) is 0 Å². The number of hydrogen-bond donors (Lipinski definition) is 0. The molecule has 0 bridgehead atoms. The minimum Gasteiger partial charge on any atom is -0.267 e. The molecule has 1 heterocycles. The van der Waals surface area contributed by atoms with E-state index in [9.17, 15) is 4.21 Å². The first-order valence-electron chi connectivity index (χ1n) is 2.58. The molecular formula is C5H8N2OS. The van der Waals surface area contributed by atoms with Crippen LogP contribution in [0.25, 0.3) is 0 Å². The molecule has 0 aromatic heterocycles. The summed E-state index contributed by atoms with van der Waals surface area (Å²) in [6.07, 6.45) is 3.15. The molecule has 1 rings (SSSR count). The van der Waals surface area contributed by atoms with Crippen molar-refractivity contribution in [3.63, 3.8) is 0 Å². The maximum atomic E-state index is 11.2. The quantitative estimate of drug-likeness (QED) is 0.492. The van der Waals surface area contributed by atoms with Crippen LogP contribution in [0.3, 0.4) is 0 Å². The molecule has 1 aliphatic heterocycles. The van der Waals surface area contributed by atoms with E-state index in [-0.39, 0.29) is 0 Å². The van der Waals surface area contributed by atoms with Gasteiger partial charge in [0.2, 0.25) is 0 Å². The Bertz CT molecular complexity index is 258. The molecule has 0 aliphatic carbocycles. The van der Waals surface area contributed by atoms with Gasteiger partial charge in [-0.15, -0.1) is 0 Å². The fourth-order valence-electron chi connectivity index (χ4n) is 0.532. The summed E-state index contributed by atoms with van der Waals surface area (Å²) in [6, 6.07) is 0. The molecule has 0 aromatic rings. The van der Waals surface area contributed by atoms with Crippen LogP contribution in [-0.4, -0.2) is 23.2 Å². The lowest BCUT2D eigenvalue weighted by Crippen LogP contribution is -2.05. The van der Waals surface area contributed by atoms with Crippen molar-refractivity contribution in [2.75, 3.05) is 12.8 Å². The maximum Gasteiger partial charge on any atom is 0.0747 e. The van der Waals surface area contributed by atoms with Gasteiger partial charge in [-0.25, -0.2) is 8.57 Å². The molecule has 1 atom stereocenters. The zero-order chi connectivity index (χ0) is 6.74. The van der Waals surface area contributed by atoms with Gasteiger partial charge < -0.3 is 0 Å². The molecule has 1 unspecified atom stereocenters. The highest BCUT2D eigenvalue weighted by molar-refractivity contribution is 7.97. The van der Waals surface area contributed by atoms with Crippen molar-refractivity contribution in [1.29, 1.82) is 0 Å². The maximum absolute atomic E-state index is 11.2. The molecule has 0 aromatic carbocycles. The minimum atomic E-state index is -2.03. The Labute approximate surface area is 54.7 Å². The van der Waals surface area contributed by atoms with Crippen molar-refractivity contribution in [2.24, 2.45) is 9.36 Å². The van der Waals surface area contributed by atoms with Gasteiger partial charge >= 0.3 is 0 Å². The molecule has 0 saturated heterocycles. The highest BCUT2D eigenvalue weighted by Crippen LogP contribution is 2.00. The topological polar surface area (TPSA) is 41.8 Å². The third-order valence-electron chi connectivity index (χ3n) is 1.09. The lowest BCUT2D eigenvalue weighted by Gasteiger charge is -2.00. The zero-order valence-electron chi connectivity index (χ0n) is 5.15. The summed E-state index contributed by atoms with van der Waals surface area (Å²) >= 11 is 0. The molecule has 0 saturated carbocycles. The van der Waals surface area contributed by atoms with E-state index in [1.807, 2.05) is 0 Å². The summed E-state index contributed by atoms with van der Waals surface area (Å²) in [4.78, 5) is 3.78. The monoisotopic (exact) mass is 144 g/mol. The van der Waals surface area contributed by atoms with Gasteiger partial charge in [-0.05, 0) is 0 Å². The molecule has 3 nitrogen and oxygen atoms in total. The van der Waals surface area contributed by atoms with Gasteiger partial charge in [0.05, 0.1) is 15.5 Å². The molecule has 0 spiro atoms. The average molecular weight is 144 g/mol. The van der Waals surface area contributed by atoms with E-state index in [0.717, 1.165) is 0 Å². The van der Waals surface area contributed by atoms with Crippen molar-refractivity contribution in [2.45, 2.75) is 0 Å². The van der Waals surface area contributed by atoms with Crippen LogP contribution in [0, 0.1) is 0 Å². The van der Waals surface area contributed by atoms with E-state index in [0.29, 0.717) is 5.75 Å². The largest absolute Gasteiger partial charge is 0.267 e. The zero-order valence-corrected chi connectivity index (χ0v) is 5.97. The summed E-state index contributed by atoms with van der Waals surface area (Å²) < 4.78 is 15.0. The van der Waals surface area contributed by atoms with E-state index in [4.69, 9.17) is 0 Å². The Morgan fingerprint density at radius 2 is 2.56 bits per heavy atom. The van der Waals surface area contributed by atoms with Gasteiger partial charge in [0, 0.05) is 24.9 Å². The smallest absolute Gasteiger partial charge is 0.0747 e. The van der Waals surface area contributed by atoms with Crippen molar-refractivity contribution in [1.82, 2.24) is 0 Å². The SMILES string of the molecule is CN=S1(=O)C=CN=CC1. The van der Waals surface area contributed by atoms with Crippen LogP contribution >= 0.6 is 0 Å². The lowest BCUT2D eigenvalue weighted by molar-refractivity contribution is 0.684. The normalized spacial score (nSPS) is 32.6. The molecule has 0 amide bonds. The van der Waals surface area contributed by atoms with Crippen molar-refractivity contribution in [3.05, 3.63) is 11.6 Å². The second-order valence-electron chi connectivity index (χ2n) is 1.66. The second kappa shape index (κ2) is 2.31. The van der Waals surface area contributed by atoms with E-state index in [1.54, 1.807) is 18.7 Å². The Morgan fingerprint density at radius 1 is 1.78 bits per heavy atom. The van der Waals surface area contributed by atoms with Gasteiger partial charge in [-0.3, -0.25) is 4.99 Å². The number of nitrogens with zero attached hydrogens (tertiary/aromatic N) is 2. The average Bonchev–Trinajstić information content (AvgIpc) is 1.90. The molecule has 9 heavy (non-hydrogen) atoms. The molecule has 0 fully saturated rings. The summed E-state index contributed by atoms with van der Waals surface area (Å²) in [5.74, 6) is 0.458. The molecule has 0 radical (unpaired) electrons. The van der Waals surface area contributed by atoms with Gasteiger partial charge in [-0.2, -0.15) is 0 Å². The first-order chi connectivity index (χ1) is 4.27. The molecular weight excluding hydrogens is 136 g/mol. The fraction of sp³-hybridized carbons (Fsp3) is 0.400. The molecule has 1 aliphatic rings. The van der Waals surface area contributed by atoms with Gasteiger partial charge in [0.25, 0.3) is 0 Å². The van der Waals surface area contributed by atoms with Gasteiger partial charge in [0.15, 0.2) is 0 Å². The standard InChI is InChI=1S/C5H8N2OS/c1-6-9(8)4-2-7-3-5-9/h2-4H,5H2,1H3. The van der Waals surface area contributed by atoms with E-state index >= 15 is 0 Å². The van der Waals surface area contributed by atoms with Crippen molar-refractivity contribution in [3.8, 4) is 0 Å². The highest BCUT2D eigenvalue weighted by Gasteiger charge is 2.01. The van der Waals surface area contributed by atoms with Gasteiger partial charge in [0.1, 0.15) is 0 Å². The van der Waals surface area contributed by atoms with Crippen LogP contribution in [0.15, 0.2) is 21.0 Å². The van der Waals surface area contributed by atoms with Crippen molar-refractivity contribution < 1.29 is 4.21 Å². The Balaban J connectivity index is 3.03. The third kappa shape index (κ3) is 1.38. The van der Waals surface area contributed by atoms with E-state index < -0.39 is 9.73 Å². The second-order valence-corrected chi connectivity index (χ2v) is 4.01. The Morgan fingerprint density at radius 3 is 2.89 bits per heavy atom. The predicted molar refractivity (Wildman–Crippen MR) is 39.0 cm³/mol. The first-order valence-corrected chi connectivity index (χ1v) is 4.33. The van der Waals surface area contributed by atoms with Gasteiger partial charge in [-0.1, -0.05) is 0 Å². The molecule has 50 valence electrons. The number of hydrogen-bond acceptors (Lipinski definition) is 3. The summed E-state index contributed by atoms with van der Waals surface area (Å²) in [5, 5.41) is 1.55. The van der Waals surface area contributed by atoms with E-state index in [2.05, 4.69) is 9.36 Å². The van der Waals surface area contributed by atoms with Crippen LogP contribution in [0.4, 0.5) is 0 Å². The summed E-state index contributed by atoms with van der Waals surface area (Å²) in [7, 11) is -0.472. The van der Waals surface area contributed by atoms with Crippen molar-refractivity contribution >= 4 is 15.9 Å². The fourth-order valence-corrected chi connectivity index (χ4v) is 1.47. The highest BCUT2D eigenvalue weighted by atomic mass is 32.2.